The van der Waals surface area contributed by atoms with Crippen molar-refractivity contribution in [1.29, 1.82) is 0 Å². The van der Waals surface area contributed by atoms with Crippen LogP contribution >= 0.6 is 11.6 Å². The van der Waals surface area contributed by atoms with Crippen molar-refractivity contribution < 1.29 is 23.4 Å². The van der Waals surface area contributed by atoms with Crippen LogP contribution < -0.4 is 16.2 Å². The zero-order valence-corrected chi connectivity index (χ0v) is 16.7. The quantitative estimate of drug-likeness (QED) is 0.466. The molecule has 29 heavy (non-hydrogen) atoms. The van der Waals surface area contributed by atoms with Gasteiger partial charge in [0.15, 0.2) is 5.60 Å². The molecule has 1 atom stereocenters. The number of fused-ring (bicyclic) bond motifs is 1. The fourth-order valence-corrected chi connectivity index (χ4v) is 3.86. The molecule has 5 nitrogen and oxygen atoms in total. The molecule has 3 rings (SSSR count). The van der Waals surface area contributed by atoms with Crippen molar-refractivity contribution in [1.82, 2.24) is 5.43 Å². The number of aliphatic hydroxyl groups is 1. The maximum atomic E-state index is 13.9. The van der Waals surface area contributed by atoms with Gasteiger partial charge < -0.3 is 21.0 Å². The van der Waals surface area contributed by atoms with Crippen LogP contribution in [0.5, 0.6) is 5.75 Å². The van der Waals surface area contributed by atoms with E-state index < -0.39 is 30.2 Å². The molecule has 0 saturated heterocycles. The summed E-state index contributed by atoms with van der Waals surface area (Å²) in [6.45, 7) is 2.80. The van der Waals surface area contributed by atoms with Gasteiger partial charge in [0, 0.05) is 22.8 Å². The smallest absolute Gasteiger partial charge is 0.418 e. The lowest BCUT2D eigenvalue weighted by Crippen LogP contribution is -2.53. The molecule has 0 amide bonds. The molecule has 5 N–H and O–H groups in total. The Bertz CT molecular complexity index is 905. The van der Waals surface area contributed by atoms with Gasteiger partial charge in [0.1, 0.15) is 5.75 Å². The Morgan fingerprint density at radius 1 is 1.17 bits per heavy atom. The van der Waals surface area contributed by atoms with Crippen molar-refractivity contribution in [2.75, 3.05) is 17.3 Å². The first-order valence-electron chi connectivity index (χ1n) is 9.06. The monoisotopic (exact) mass is 429 g/mol. The molecule has 1 unspecified atom stereocenters. The molecule has 0 bridgehead atoms. The highest BCUT2D eigenvalue weighted by molar-refractivity contribution is 6.30. The molecule has 0 aliphatic carbocycles. The van der Waals surface area contributed by atoms with Crippen LogP contribution in [0.15, 0.2) is 36.4 Å². The molecule has 9 heteroatoms. The van der Waals surface area contributed by atoms with Gasteiger partial charge in [-0.1, -0.05) is 37.6 Å². The van der Waals surface area contributed by atoms with Crippen LogP contribution in [0.25, 0.3) is 0 Å². The van der Waals surface area contributed by atoms with Gasteiger partial charge in [0.05, 0.1) is 12.2 Å². The number of rotatable bonds is 6. The van der Waals surface area contributed by atoms with E-state index in [4.69, 9.17) is 11.6 Å². The van der Waals surface area contributed by atoms with E-state index in [1.54, 1.807) is 26.0 Å². The number of hydrazine groups is 1. The number of hydrogen-bond donors (Lipinski definition) is 5. The fourth-order valence-electron chi connectivity index (χ4n) is 3.70. The predicted octanol–water partition coefficient (Wildman–Crippen LogP) is 4.55. The van der Waals surface area contributed by atoms with Crippen LogP contribution in [0, 0.1) is 0 Å². The van der Waals surface area contributed by atoms with Crippen LogP contribution in [0.3, 0.4) is 0 Å². The summed E-state index contributed by atoms with van der Waals surface area (Å²) in [7, 11) is 0. The topological polar surface area (TPSA) is 76.5 Å². The Morgan fingerprint density at radius 2 is 1.90 bits per heavy atom. The van der Waals surface area contributed by atoms with E-state index in [9.17, 15) is 23.4 Å². The second kappa shape index (κ2) is 7.59. The first-order valence-corrected chi connectivity index (χ1v) is 9.43. The third kappa shape index (κ3) is 4.39. The molecule has 1 aliphatic heterocycles. The van der Waals surface area contributed by atoms with Crippen LogP contribution in [0.2, 0.25) is 5.02 Å². The number of hydrogen-bond acceptors (Lipinski definition) is 5. The van der Waals surface area contributed by atoms with Gasteiger partial charge in [-0.2, -0.15) is 13.2 Å². The number of phenolic OH excluding ortho intramolecular Hbond substituents is 1. The standard InChI is InChI=1S/C20H23ClF3N3O2/c1-18(2,14-7-6-12(21)8-17(14)28)10-19(29,20(22,23)24)11-25-15-4-3-5-16-13(15)9-26-27-16/h3-8,25-29H,9-11H2,1-2H3. The first kappa shape index (κ1) is 21.5. The third-order valence-corrected chi connectivity index (χ3v) is 5.42. The summed E-state index contributed by atoms with van der Waals surface area (Å²) in [6.07, 6.45) is -5.54. The summed E-state index contributed by atoms with van der Waals surface area (Å²) < 4.78 is 41.7. The average Bonchev–Trinajstić information content (AvgIpc) is 3.07. The summed E-state index contributed by atoms with van der Waals surface area (Å²) in [4.78, 5) is 0. The van der Waals surface area contributed by atoms with Crippen LogP contribution in [0.4, 0.5) is 24.5 Å². The number of phenols is 1. The molecule has 1 aliphatic rings. The molecule has 158 valence electrons. The average molecular weight is 430 g/mol. The predicted molar refractivity (Wildman–Crippen MR) is 107 cm³/mol. The lowest BCUT2D eigenvalue weighted by atomic mass is 9.74. The van der Waals surface area contributed by atoms with Crippen molar-refractivity contribution in [3.8, 4) is 5.75 Å². The Hall–Kier alpha value is -2.16. The normalized spacial score (nSPS) is 16.1. The molecule has 0 aromatic heterocycles. The second-order valence-corrected chi connectivity index (χ2v) is 8.35. The van der Waals surface area contributed by atoms with Crippen LogP contribution in [-0.2, 0) is 12.0 Å². The van der Waals surface area contributed by atoms with Crippen molar-refractivity contribution in [3.05, 3.63) is 52.5 Å². The molecular formula is C20H23ClF3N3O2. The van der Waals surface area contributed by atoms with Crippen molar-refractivity contribution in [3.63, 3.8) is 0 Å². The molecule has 0 radical (unpaired) electrons. The minimum atomic E-state index is -4.88. The zero-order valence-electron chi connectivity index (χ0n) is 16.0. The second-order valence-electron chi connectivity index (χ2n) is 7.92. The van der Waals surface area contributed by atoms with Gasteiger partial charge in [-0.15, -0.1) is 0 Å². The molecular weight excluding hydrogens is 407 g/mol. The number of benzene rings is 2. The zero-order chi connectivity index (χ0) is 21.4. The lowest BCUT2D eigenvalue weighted by Gasteiger charge is -2.38. The molecule has 2 aromatic carbocycles. The van der Waals surface area contributed by atoms with Gasteiger partial charge >= 0.3 is 6.18 Å². The van der Waals surface area contributed by atoms with Crippen molar-refractivity contribution >= 4 is 23.0 Å². The van der Waals surface area contributed by atoms with Gasteiger partial charge in [0.2, 0.25) is 0 Å². The first-order chi connectivity index (χ1) is 13.4. The summed E-state index contributed by atoms with van der Waals surface area (Å²) in [5, 5.41) is 23.9. The maximum Gasteiger partial charge on any atom is 0.418 e. The molecule has 0 spiro atoms. The van der Waals surface area contributed by atoms with E-state index in [0.717, 1.165) is 11.3 Å². The van der Waals surface area contributed by atoms with E-state index in [1.807, 2.05) is 6.07 Å². The van der Waals surface area contributed by atoms with E-state index in [-0.39, 0.29) is 16.3 Å². The number of aromatic hydroxyl groups is 1. The van der Waals surface area contributed by atoms with Gasteiger partial charge in [-0.05, 0) is 41.7 Å². The van der Waals surface area contributed by atoms with E-state index >= 15 is 0 Å². The van der Waals surface area contributed by atoms with E-state index in [1.165, 1.54) is 18.2 Å². The van der Waals surface area contributed by atoms with Gasteiger partial charge in [-0.3, -0.25) is 0 Å². The Labute approximate surface area is 171 Å². The summed E-state index contributed by atoms with van der Waals surface area (Å²) >= 11 is 5.83. The maximum absolute atomic E-state index is 13.9. The van der Waals surface area contributed by atoms with Crippen LogP contribution in [-0.4, -0.2) is 28.5 Å². The van der Waals surface area contributed by atoms with Crippen molar-refractivity contribution in [2.45, 2.75) is 44.0 Å². The molecule has 2 aromatic rings. The minimum Gasteiger partial charge on any atom is -0.508 e. The summed E-state index contributed by atoms with van der Waals surface area (Å²) in [6, 6.07) is 9.43. The summed E-state index contributed by atoms with van der Waals surface area (Å²) in [5.74, 6) is -0.210. The van der Waals surface area contributed by atoms with Gasteiger partial charge in [-0.25, -0.2) is 5.43 Å². The SMILES string of the molecule is CC(C)(CC(O)(CNc1cccc2c1CNN2)C(F)(F)F)c1ccc(Cl)cc1O. The summed E-state index contributed by atoms with van der Waals surface area (Å²) in [5.41, 5.74) is 3.99. The Balaban J connectivity index is 1.86. The number of halogens is 4. The van der Waals surface area contributed by atoms with Crippen molar-refractivity contribution in [2.24, 2.45) is 0 Å². The molecule has 0 saturated carbocycles. The highest BCUT2D eigenvalue weighted by Gasteiger charge is 2.56. The highest BCUT2D eigenvalue weighted by Crippen LogP contribution is 2.44. The van der Waals surface area contributed by atoms with E-state index in [0.29, 0.717) is 12.2 Å². The van der Waals surface area contributed by atoms with E-state index in [2.05, 4.69) is 16.2 Å². The third-order valence-electron chi connectivity index (χ3n) is 5.19. The molecule has 1 heterocycles. The molecule has 0 fully saturated rings. The van der Waals surface area contributed by atoms with Gasteiger partial charge in [0.25, 0.3) is 0 Å². The largest absolute Gasteiger partial charge is 0.508 e. The number of alkyl halides is 3. The Kier molecular flexibility index (Phi) is 5.64. The van der Waals surface area contributed by atoms with Crippen LogP contribution in [0.1, 0.15) is 31.4 Å². The minimum absolute atomic E-state index is 0.210. The lowest BCUT2D eigenvalue weighted by molar-refractivity contribution is -0.260. The Morgan fingerprint density at radius 3 is 2.55 bits per heavy atom. The number of anilines is 2. The fraction of sp³-hybridized carbons (Fsp3) is 0.400. The highest BCUT2D eigenvalue weighted by atomic mass is 35.5. The number of nitrogens with one attached hydrogen (secondary N) is 3.